The number of hydrogen-bond acceptors (Lipinski definition) is 7. The number of carbonyl (C=O) groups excluding carboxylic acids is 1. The van der Waals surface area contributed by atoms with Gasteiger partial charge in [-0.1, -0.05) is 72.8 Å². The topological polar surface area (TPSA) is 91.1 Å². The summed E-state index contributed by atoms with van der Waals surface area (Å²) in [5, 5.41) is 23.0. The Hall–Kier alpha value is -4.54. The van der Waals surface area contributed by atoms with Crippen molar-refractivity contribution in [2.24, 2.45) is 0 Å². The predicted octanol–water partition coefficient (Wildman–Crippen LogP) is 7.30. The first-order valence-corrected chi connectivity index (χ1v) is 18.3. The van der Waals surface area contributed by atoms with Crippen LogP contribution in [-0.2, 0) is 37.2 Å². The zero-order chi connectivity index (χ0) is 33.6. The lowest BCUT2D eigenvalue weighted by Crippen LogP contribution is -2.61. The van der Waals surface area contributed by atoms with E-state index in [1.807, 2.05) is 60.7 Å². The van der Waals surface area contributed by atoms with Gasteiger partial charge in [-0.05, 0) is 73.3 Å². The van der Waals surface area contributed by atoms with Crippen LogP contribution in [-0.4, -0.2) is 74.1 Å². The van der Waals surface area contributed by atoms with Crippen LogP contribution >= 0.6 is 11.5 Å². The Morgan fingerprint density at radius 1 is 0.816 bits per heavy atom. The highest BCUT2D eigenvalue weighted by atomic mass is 32.1. The minimum Gasteiger partial charge on any atom is -0.494 e. The van der Waals surface area contributed by atoms with Crippen LogP contribution in [0.5, 0.6) is 11.8 Å². The van der Waals surface area contributed by atoms with Gasteiger partial charge in [0.15, 0.2) is 17.6 Å². The van der Waals surface area contributed by atoms with Crippen molar-refractivity contribution < 1.29 is 24.2 Å². The van der Waals surface area contributed by atoms with E-state index in [1.165, 1.54) is 21.6 Å². The molecule has 1 aliphatic heterocycles. The fourth-order valence-corrected chi connectivity index (χ4v) is 8.24. The molecule has 0 radical (unpaired) electrons. The summed E-state index contributed by atoms with van der Waals surface area (Å²) < 4.78 is 14.6. The fourth-order valence-electron chi connectivity index (χ4n) is 7.45. The van der Waals surface area contributed by atoms with Gasteiger partial charge in [0.25, 0.3) is 0 Å². The number of ether oxygens (including phenoxy) is 1. The molecular weight excluding hydrogens is 635 g/mol. The molecular formula is C39H46N5O4S+. The molecule has 1 aliphatic carbocycles. The summed E-state index contributed by atoms with van der Waals surface area (Å²) in [7, 11) is 0. The molecule has 0 bridgehead atoms. The van der Waals surface area contributed by atoms with Crippen molar-refractivity contribution in [1.29, 1.82) is 0 Å². The molecule has 256 valence electrons. The first-order valence-electron chi connectivity index (χ1n) is 17.6. The van der Waals surface area contributed by atoms with Crippen LogP contribution in [0.2, 0.25) is 0 Å². The van der Waals surface area contributed by atoms with E-state index in [0.717, 1.165) is 99.3 Å². The molecule has 0 spiro atoms. The normalized spacial score (nSPS) is 15.6. The number of hydrogen-bond donors (Lipinski definition) is 2. The second-order valence-corrected chi connectivity index (χ2v) is 14.3. The maximum atomic E-state index is 13.8. The lowest BCUT2D eigenvalue weighted by molar-refractivity contribution is -0.944. The second-order valence-electron chi connectivity index (χ2n) is 13.5. The van der Waals surface area contributed by atoms with Gasteiger partial charge in [0.2, 0.25) is 6.73 Å². The Kier molecular flexibility index (Phi) is 10.0. The molecule has 2 aromatic heterocycles. The largest absolute Gasteiger partial charge is 0.494 e. The van der Waals surface area contributed by atoms with Crippen LogP contribution in [0.15, 0.2) is 84.9 Å². The van der Waals surface area contributed by atoms with E-state index in [1.54, 1.807) is 9.47 Å². The van der Waals surface area contributed by atoms with Crippen LogP contribution < -0.4 is 4.90 Å². The van der Waals surface area contributed by atoms with Crippen molar-refractivity contribution in [3.05, 3.63) is 107 Å². The highest BCUT2D eigenvalue weighted by molar-refractivity contribution is 7.13. The average molecular weight is 681 g/mol. The molecule has 1 saturated heterocycles. The maximum Gasteiger partial charge on any atom is 0.414 e. The highest BCUT2D eigenvalue weighted by Gasteiger charge is 2.36. The van der Waals surface area contributed by atoms with Gasteiger partial charge in [-0.25, -0.2) is 4.79 Å². The van der Waals surface area contributed by atoms with Crippen molar-refractivity contribution in [3.8, 4) is 11.8 Å². The van der Waals surface area contributed by atoms with Gasteiger partial charge in [0, 0.05) is 36.1 Å². The number of rotatable bonds is 12. The Balaban J connectivity index is 1.05. The summed E-state index contributed by atoms with van der Waals surface area (Å²) in [4.78, 5) is 18.0. The number of anilines is 1. The fraction of sp³-hybridized carbons (Fsp3) is 0.385. The highest BCUT2D eigenvalue weighted by Crippen LogP contribution is 2.39. The number of unbranched alkanes of at least 4 members (excludes halogenated alkanes) is 1. The van der Waals surface area contributed by atoms with E-state index in [2.05, 4.69) is 29.2 Å². The molecule has 0 unspecified atom stereocenters. The van der Waals surface area contributed by atoms with Crippen LogP contribution in [0.3, 0.4) is 0 Å². The first-order chi connectivity index (χ1) is 24.0. The van der Waals surface area contributed by atoms with E-state index >= 15 is 0 Å². The third-order valence-electron chi connectivity index (χ3n) is 10.3. The van der Waals surface area contributed by atoms with E-state index in [0.29, 0.717) is 30.8 Å². The van der Waals surface area contributed by atoms with Gasteiger partial charge in [-0.3, -0.25) is 14.0 Å². The Bertz CT molecular complexity index is 1780. The zero-order valence-electron chi connectivity index (χ0n) is 28.0. The van der Waals surface area contributed by atoms with E-state index < -0.39 is 0 Å². The van der Waals surface area contributed by atoms with E-state index in [-0.39, 0.29) is 17.9 Å². The number of amides is 1. The third-order valence-corrected chi connectivity index (χ3v) is 11.1. The van der Waals surface area contributed by atoms with Crippen LogP contribution in [0.4, 0.5) is 10.6 Å². The lowest BCUT2D eigenvalue weighted by Gasteiger charge is -2.44. The molecule has 1 amide bonds. The molecule has 49 heavy (non-hydrogen) atoms. The number of fused-ring (bicyclic) bond motifs is 2. The third kappa shape index (κ3) is 7.40. The van der Waals surface area contributed by atoms with Gasteiger partial charge in [0.1, 0.15) is 0 Å². The number of aromatic nitrogens is 2. The first kappa shape index (κ1) is 33.0. The Morgan fingerprint density at radius 3 is 2.04 bits per heavy atom. The average Bonchev–Trinajstić information content (AvgIpc) is 3.68. The van der Waals surface area contributed by atoms with Crippen molar-refractivity contribution in [3.63, 3.8) is 0 Å². The quantitative estimate of drug-likeness (QED) is 0.106. The van der Waals surface area contributed by atoms with Crippen LogP contribution in [0, 0.1) is 0 Å². The van der Waals surface area contributed by atoms with Gasteiger partial charge in [-0.15, -0.1) is 0 Å². The van der Waals surface area contributed by atoms with Crippen molar-refractivity contribution in [2.45, 2.75) is 58.2 Å². The standard InChI is InChI=1S/C39H45N5O4S/c45-37-32-17-7-8-18-33(32)38(46)43(37)21-11-12-24-44(25-22-41(23-26-44)36-34-19-9-10-20-35(34)49-40-36)29-48-39(47)42(27-30-13-3-1-4-14-30)28-31-15-5-2-6-16-31/h1-6,9-10,13-16,19-20H,7-8,11-12,17-18,21-29H2,(H-,45,46)/p+1. The molecule has 2 aliphatic rings. The number of benzene rings is 3. The number of aromatic hydroxyl groups is 2. The minimum atomic E-state index is -0.314. The summed E-state index contributed by atoms with van der Waals surface area (Å²) >= 11 is 1.54. The van der Waals surface area contributed by atoms with Gasteiger partial charge < -0.3 is 19.8 Å². The molecule has 9 nitrogen and oxygen atoms in total. The zero-order valence-corrected chi connectivity index (χ0v) is 28.9. The second kappa shape index (κ2) is 14.9. The van der Waals surface area contributed by atoms with E-state index in [4.69, 9.17) is 9.11 Å². The van der Waals surface area contributed by atoms with E-state index in [9.17, 15) is 15.0 Å². The molecule has 0 saturated carbocycles. The molecule has 3 heterocycles. The van der Waals surface area contributed by atoms with Crippen LogP contribution in [0.25, 0.3) is 10.1 Å². The van der Waals surface area contributed by atoms with Gasteiger partial charge in [-0.2, -0.15) is 4.37 Å². The van der Waals surface area contributed by atoms with Crippen LogP contribution in [0.1, 0.15) is 47.9 Å². The Labute approximate surface area is 292 Å². The summed E-state index contributed by atoms with van der Waals surface area (Å²) in [6.45, 7) is 5.89. The summed E-state index contributed by atoms with van der Waals surface area (Å²) in [5.74, 6) is 1.49. The number of piperazine rings is 1. The monoisotopic (exact) mass is 680 g/mol. The molecule has 1 fully saturated rings. The minimum absolute atomic E-state index is 0.228. The summed E-state index contributed by atoms with van der Waals surface area (Å²) in [6, 6.07) is 28.5. The van der Waals surface area contributed by atoms with Gasteiger partial charge >= 0.3 is 6.09 Å². The maximum absolute atomic E-state index is 13.8. The predicted molar refractivity (Wildman–Crippen MR) is 194 cm³/mol. The summed E-state index contributed by atoms with van der Waals surface area (Å²) in [6.07, 6.45) is 5.10. The van der Waals surface area contributed by atoms with Crippen molar-refractivity contribution in [2.75, 3.05) is 44.4 Å². The summed E-state index contributed by atoms with van der Waals surface area (Å²) in [5.41, 5.74) is 3.95. The van der Waals surface area contributed by atoms with Gasteiger partial charge in [0.05, 0.1) is 37.4 Å². The number of quaternary nitrogens is 1. The SMILES string of the molecule is O=C(OC[N+]1(CCCCn2c(O)c3c(c2O)CCCC3)CCN(c2nsc3ccccc23)CC1)N(Cc1ccccc1)Cc1ccccc1. The smallest absolute Gasteiger partial charge is 0.414 e. The molecule has 5 aromatic rings. The van der Waals surface area contributed by atoms with Crippen molar-refractivity contribution >= 4 is 33.5 Å². The number of nitrogens with zero attached hydrogens (tertiary/aromatic N) is 5. The molecule has 10 heteroatoms. The molecule has 2 N–H and O–H groups in total. The molecule has 0 atom stereocenters. The van der Waals surface area contributed by atoms with Crippen molar-refractivity contribution in [1.82, 2.24) is 13.8 Å². The molecule has 7 rings (SSSR count). The number of carbonyl (C=O) groups is 1. The molecule has 3 aromatic carbocycles. The lowest BCUT2D eigenvalue weighted by atomic mass is 9.95. The Morgan fingerprint density at radius 2 is 1.41 bits per heavy atom.